The fourth-order valence-corrected chi connectivity index (χ4v) is 4.36. The van der Waals surface area contributed by atoms with Crippen LogP contribution in [0.3, 0.4) is 0 Å². The van der Waals surface area contributed by atoms with E-state index in [1.165, 1.54) is 6.07 Å². The van der Waals surface area contributed by atoms with Crippen molar-refractivity contribution in [3.63, 3.8) is 0 Å². The van der Waals surface area contributed by atoms with Gasteiger partial charge in [0.1, 0.15) is 12.4 Å². The predicted molar refractivity (Wildman–Crippen MR) is 128 cm³/mol. The second-order valence-corrected chi connectivity index (χ2v) is 8.30. The van der Waals surface area contributed by atoms with E-state index < -0.39 is 0 Å². The van der Waals surface area contributed by atoms with Crippen LogP contribution in [0.25, 0.3) is 11.6 Å². The second-order valence-electron chi connectivity index (χ2n) is 7.45. The Hall–Kier alpha value is -3.12. The van der Waals surface area contributed by atoms with Gasteiger partial charge in [-0.25, -0.2) is 4.39 Å². The zero-order valence-electron chi connectivity index (χ0n) is 17.9. The molecule has 6 heteroatoms. The Bertz CT molecular complexity index is 1190. The minimum atomic E-state index is -0.320. The van der Waals surface area contributed by atoms with Crippen LogP contribution in [0, 0.1) is 5.82 Å². The smallest absolute Gasteiger partial charge is 0.258 e. The molecule has 4 rings (SSSR count). The third-order valence-corrected chi connectivity index (χ3v) is 5.89. The lowest BCUT2D eigenvalue weighted by molar-refractivity contribution is -0.113. The number of carbonyl (C=O) groups excluding carboxylic acids is 1. The number of halogens is 2. The molecule has 0 spiro atoms. The van der Waals surface area contributed by atoms with Crippen LogP contribution in [0.15, 0.2) is 65.1 Å². The van der Waals surface area contributed by atoms with Crippen LogP contribution in [0.4, 0.5) is 10.1 Å². The highest BCUT2D eigenvalue weighted by atomic mass is 79.9. The summed E-state index contributed by atoms with van der Waals surface area (Å²) in [4.78, 5) is 14.9. The third kappa shape index (κ3) is 4.28. The number of fused-ring (bicyclic) bond motifs is 1. The normalized spacial score (nSPS) is 14.1. The van der Waals surface area contributed by atoms with E-state index in [0.29, 0.717) is 33.7 Å². The van der Waals surface area contributed by atoms with Gasteiger partial charge >= 0.3 is 0 Å². The molecule has 0 saturated heterocycles. The molecule has 0 fully saturated rings. The van der Waals surface area contributed by atoms with Gasteiger partial charge < -0.3 is 14.4 Å². The zero-order valence-corrected chi connectivity index (χ0v) is 19.5. The number of ether oxygens (including phenoxy) is 2. The molecule has 0 bridgehead atoms. The van der Waals surface area contributed by atoms with Crippen LogP contribution < -0.4 is 14.4 Å². The average molecular weight is 496 g/mol. The monoisotopic (exact) mass is 495 g/mol. The van der Waals surface area contributed by atoms with Crippen molar-refractivity contribution in [2.24, 2.45) is 0 Å². The molecule has 0 aromatic heterocycles. The summed E-state index contributed by atoms with van der Waals surface area (Å²) < 4.78 is 26.0. The summed E-state index contributed by atoms with van der Waals surface area (Å²) in [6.45, 7) is 2.79. The molecule has 1 aliphatic rings. The number of hydrogen-bond acceptors (Lipinski definition) is 3. The number of benzene rings is 3. The zero-order chi connectivity index (χ0) is 22.7. The number of hydrogen-bond donors (Lipinski definition) is 0. The van der Waals surface area contributed by atoms with Gasteiger partial charge in [-0.2, -0.15) is 0 Å². The maximum Gasteiger partial charge on any atom is 0.258 e. The van der Waals surface area contributed by atoms with Gasteiger partial charge in [-0.3, -0.25) is 4.79 Å². The summed E-state index contributed by atoms with van der Waals surface area (Å²) in [6, 6.07) is 18.0. The molecular formula is C26H23BrFNO3. The van der Waals surface area contributed by atoms with E-state index in [9.17, 15) is 9.18 Å². The summed E-state index contributed by atoms with van der Waals surface area (Å²) in [6.07, 6.45) is 2.74. The van der Waals surface area contributed by atoms with Crippen molar-refractivity contribution in [2.45, 2.75) is 20.0 Å². The Morgan fingerprint density at radius 3 is 2.59 bits per heavy atom. The first kappa shape index (κ1) is 22.1. The number of amides is 1. The molecule has 0 saturated carbocycles. The maximum absolute atomic E-state index is 13.9. The van der Waals surface area contributed by atoms with Crippen LogP contribution in [0.5, 0.6) is 11.5 Å². The van der Waals surface area contributed by atoms with E-state index >= 15 is 0 Å². The van der Waals surface area contributed by atoms with Gasteiger partial charge in [0.15, 0.2) is 11.5 Å². The maximum atomic E-state index is 13.9. The molecule has 0 aliphatic carbocycles. The van der Waals surface area contributed by atoms with Crippen LogP contribution >= 0.6 is 15.9 Å². The SMILES string of the molecule is CCCN1C(=O)/C(=C\c2cc(Br)c(OCc3ccccc3F)c(OC)c2)c2ccccc21. The first-order chi connectivity index (χ1) is 15.5. The fraction of sp³-hybridized carbons (Fsp3) is 0.192. The van der Waals surface area contributed by atoms with Gasteiger partial charge in [-0.15, -0.1) is 0 Å². The molecule has 1 amide bonds. The molecule has 1 heterocycles. The molecule has 0 radical (unpaired) electrons. The molecule has 4 nitrogen and oxygen atoms in total. The topological polar surface area (TPSA) is 38.8 Å². The van der Waals surface area contributed by atoms with Gasteiger partial charge in [-0.05, 0) is 58.3 Å². The number of methoxy groups -OCH3 is 1. The summed E-state index contributed by atoms with van der Waals surface area (Å²) in [5.74, 6) is 0.636. The van der Waals surface area contributed by atoms with Crippen molar-refractivity contribution in [3.8, 4) is 11.5 Å². The number of nitrogens with zero attached hydrogens (tertiary/aromatic N) is 1. The summed E-state index contributed by atoms with van der Waals surface area (Å²) in [5.41, 5.74) is 3.74. The number of carbonyl (C=O) groups is 1. The van der Waals surface area contributed by atoms with Gasteiger partial charge in [0.25, 0.3) is 5.91 Å². The highest BCUT2D eigenvalue weighted by molar-refractivity contribution is 9.10. The Labute approximate surface area is 195 Å². The van der Waals surface area contributed by atoms with Crippen molar-refractivity contribution in [1.29, 1.82) is 0 Å². The summed E-state index contributed by atoms with van der Waals surface area (Å²) >= 11 is 3.54. The van der Waals surface area contributed by atoms with E-state index in [2.05, 4.69) is 22.9 Å². The third-order valence-electron chi connectivity index (χ3n) is 5.30. The number of para-hydroxylation sites is 1. The van der Waals surface area contributed by atoms with Crippen LogP contribution in [-0.2, 0) is 11.4 Å². The fourth-order valence-electron chi connectivity index (χ4n) is 3.79. The number of anilines is 1. The lowest BCUT2D eigenvalue weighted by atomic mass is 10.0. The van der Waals surface area contributed by atoms with Crippen molar-refractivity contribution in [3.05, 3.63) is 87.6 Å². The van der Waals surface area contributed by atoms with Gasteiger partial charge in [0.2, 0.25) is 0 Å². The Morgan fingerprint density at radius 1 is 1.09 bits per heavy atom. The van der Waals surface area contributed by atoms with E-state index in [1.807, 2.05) is 47.4 Å². The summed E-state index contributed by atoms with van der Waals surface area (Å²) in [7, 11) is 1.55. The van der Waals surface area contributed by atoms with Crippen LogP contribution in [0.2, 0.25) is 0 Å². The highest BCUT2D eigenvalue weighted by Crippen LogP contribution is 2.41. The van der Waals surface area contributed by atoms with Crippen molar-refractivity contribution >= 4 is 39.2 Å². The van der Waals surface area contributed by atoms with E-state index in [4.69, 9.17) is 9.47 Å². The van der Waals surface area contributed by atoms with Crippen molar-refractivity contribution < 1.29 is 18.7 Å². The van der Waals surface area contributed by atoms with Gasteiger partial charge in [0, 0.05) is 23.2 Å². The second kappa shape index (κ2) is 9.57. The molecule has 3 aromatic rings. The Balaban J connectivity index is 1.67. The van der Waals surface area contributed by atoms with Crippen molar-refractivity contribution in [2.75, 3.05) is 18.6 Å². The molecular weight excluding hydrogens is 473 g/mol. The largest absolute Gasteiger partial charge is 0.493 e. The lowest BCUT2D eigenvalue weighted by Gasteiger charge is -2.15. The molecule has 1 aliphatic heterocycles. The molecule has 164 valence electrons. The predicted octanol–water partition coefficient (Wildman–Crippen LogP) is 6.47. The minimum Gasteiger partial charge on any atom is -0.493 e. The molecule has 0 N–H and O–H groups in total. The minimum absolute atomic E-state index is 0.0111. The van der Waals surface area contributed by atoms with E-state index in [-0.39, 0.29) is 18.3 Å². The number of rotatable bonds is 7. The van der Waals surface area contributed by atoms with Gasteiger partial charge in [-0.1, -0.05) is 43.3 Å². The molecule has 32 heavy (non-hydrogen) atoms. The first-order valence-corrected chi connectivity index (χ1v) is 11.2. The van der Waals surface area contributed by atoms with E-state index in [0.717, 1.165) is 23.2 Å². The quantitative estimate of drug-likeness (QED) is 0.352. The van der Waals surface area contributed by atoms with Gasteiger partial charge in [0.05, 0.1) is 17.3 Å². The average Bonchev–Trinajstić information content (AvgIpc) is 3.05. The lowest BCUT2D eigenvalue weighted by Crippen LogP contribution is -2.26. The standard InChI is InChI=1S/C26H23BrFNO3/c1-3-12-29-23-11-7-5-9-19(23)20(26(29)30)13-17-14-21(27)25(24(15-17)31-2)32-16-18-8-4-6-10-22(18)28/h4-11,13-15H,3,12,16H2,1-2H3/b20-13-. The van der Waals surface area contributed by atoms with Crippen LogP contribution in [0.1, 0.15) is 30.0 Å². The van der Waals surface area contributed by atoms with E-state index in [1.54, 1.807) is 25.3 Å². The molecule has 3 aromatic carbocycles. The summed E-state index contributed by atoms with van der Waals surface area (Å²) in [5, 5.41) is 0. The Kier molecular flexibility index (Phi) is 6.61. The van der Waals surface area contributed by atoms with Crippen molar-refractivity contribution in [1.82, 2.24) is 0 Å². The van der Waals surface area contributed by atoms with Crippen LogP contribution in [-0.4, -0.2) is 19.6 Å². The first-order valence-electron chi connectivity index (χ1n) is 10.4. The Morgan fingerprint density at radius 2 is 1.84 bits per heavy atom. The molecule has 0 atom stereocenters. The highest BCUT2D eigenvalue weighted by Gasteiger charge is 2.31. The molecule has 0 unspecified atom stereocenters.